The van der Waals surface area contributed by atoms with Gasteiger partial charge in [0.2, 0.25) is 0 Å². The first-order chi connectivity index (χ1) is 10.5. The standard InChI is InChI=1S/C19H25N3/c1-12-18-9-14-8-17(21)15(10-20)7-16(14)19(12,2)5-6-22(18)11-13-3-4-13/h7-8,12-13,18H,3-6,9,11,21H2,1-2H3/t12-,18-,19-/m1/s1. The van der Waals surface area contributed by atoms with Crippen LogP contribution in [0.2, 0.25) is 0 Å². The molecule has 2 N–H and O–H groups in total. The van der Waals surface area contributed by atoms with Gasteiger partial charge in [-0.2, -0.15) is 5.26 Å². The Kier molecular flexibility index (Phi) is 3.03. The summed E-state index contributed by atoms with van der Waals surface area (Å²) in [7, 11) is 0. The minimum Gasteiger partial charge on any atom is -0.398 e. The second-order valence-electron chi connectivity index (χ2n) is 7.87. The maximum atomic E-state index is 9.30. The maximum absolute atomic E-state index is 9.30. The molecule has 1 aliphatic heterocycles. The lowest BCUT2D eigenvalue weighted by atomic mass is 9.58. The molecular formula is C19H25N3. The van der Waals surface area contributed by atoms with Crippen LogP contribution in [0.25, 0.3) is 0 Å². The Balaban J connectivity index is 1.75. The van der Waals surface area contributed by atoms with Crippen molar-refractivity contribution in [2.75, 3.05) is 18.8 Å². The number of nitrogens with zero attached hydrogens (tertiary/aromatic N) is 2. The molecule has 1 heterocycles. The molecule has 0 amide bonds. The minimum atomic E-state index is 0.192. The molecule has 0 unspecified atom stereocenters. The van der Waals surface area contributed by atoms with Crippen LogP contribution < -0.4 is 5.73 Å². The van der Waals surface area contributed by atoms with E-state index >= 15 is 0 Å². The first-order valence-electron chi connectivity index (χ1n) is 8.60. The number of anilines is 1. The molecule has 0 radical (unpaired) electrons. The van der Waals surface area contributed by atoms with Crippen LogP contribution in [0.1, 0.15) is 49.8 Å². The fourth-order valence-corrected chi connectivity index (χ4v) is 4.74. The lowest BCUT2D eigenvalue weighted by Crippen LogP contribution is -2.58. The van der Waals surface area contributed by atoms with Crippen LogP contribution in [-0.2, 0) is 11.8 Å². The Labute approximate surface area is 133 Å². The molecule has 3 atom stereocenters. The van der Waals surface area contributed by atoms with E-state index in [1.165, 1.54) is 43.5 Å². The summed E-state index contributed by atoms with van der Waals surface area (Å²) in [5.74, 6) is 1.59. The second kappa shape index (κ2) is 4.73. The molecule has 3 nitrogen and oxygen atoms in total. The van der Waals surface area contributed by atoms with Crippen molar-refractivity contribution in [2.24, 2.45) is 11.8 Å². The van der Waals surface area contributed by atoms with E-state index in [1.807, 2.05) is 0 Å². The highest BCUT2D eigenvalue weighted by atomic mass is 15.2. The average molecular weight is 295 g/mol. The quantitative estimate of drug-likeness (QED) is 0.853. The minimum absolute atomic E-state index is 0.192. The summed E-state index contributed by atoms with van der Waals surface area (Å²) < 4.78 is 0. The van der Waals surface area contributed by atoms with Gasteiger partial charge in [-0.3, -0.25) is 4.90 Å². The van der Waals surface area contributed by atoms with Gasteiger partial charge in [-0.05, 0) is 72.7 Å². The van der Waals surface area contributed by atoms with E-state index < -0.39 is 0 Å². The van der Waals surface area contributed by atoms with E-state index in [1.54, 1.807) is 0 Å². The molecule has 1 aromatic carbocycles. The number of hydrogen-bond acceptors (Lipinski definition) is 3. The molecule has 0 aromatic heterocycles. The number of nitrogens with two attached hydrogens (primary N) is 1. The van der Waals surface area contributed by atoms with Crippen molar-refractivity contribution in [1.29, 1.82) is 5.26 Å². The van der Waals surface area contributed by atoms with Crippen molar-refractivity contribution < 1.29 is 0 Å². The largest absolute Gasteiger partial charge is 0.398 e. The number of nitrogen functional groups attached to an aromatic ring is 1. The zero-order valence-electron chi connectivity index (χ0n) is 13.6. The molecule has 3 aliphatic rings. The van der Waals surface area contributed by atoms with Crippen molar-refractivity contribution in [1.82, 2.24) is 4.90 Å². The molecule has 1 saturated heterocycles. The number of fused-ring (bicyclic) bond motifs is 4. The van der Waals surface area contributed by atoms with Crippen LogP contribution in [0.15, 0.2) is 12.1 Å². The van der Waals surface area contributed by atoms with Crippen LogP contribution in [0, 0.1) is 23.2 Å². The van der Waals surface area contributed by atoms with Gasteiger partial charge in [-0.1, -0.05) is 13.8 Å². The molecule has 22 heavy (non-hydrogen) atoms. The fourth-order valence-electron chi connectivity index (χ4n) is 4.74. The molecule has 1 saturated carbocycles. The fraction of sp³-hybridized carbons (Fsp3) is 0.632. The smallest absolute Gasteiger partial charge is 0.101 e. The van der Waals surface area contributed by atoms with E-state index in [-0.39, 0.29) is 5.41 Å². The number of nitriles is 1. The molecule has 0 spiro atoms. The van der Waals surface area contributed by atoms with Crippen molar-refractivity contribution in [2.45, 2.75) is 51.0 Å². The molecule has 1 aromatic rings. The highest BCUT2D eigenvalue weighted by Gasteiger charge is 2.49. The number of hydrogen-bond donors (Lipinski definition) is 1. The highest BCUT2D eigenvalue weighted by molar-refractivity contribution is 5.60. The SMILES string of the molecule is C[C@@H]1[C@H]2Cc3cc(N)c(C#N)cc3[C@]1(C)CCN2CC1CC1. The summed E-state index contributed by atoms with van der Waals surface area (Å²) in [5, 5.41) is 9.30. The summed E-state index contributed by atoms with van der Waals surface area (Å²) in [6.07, 6.45) is 5.13. The lowest BCUT2D eigenvalue weighted by molar-refractivity contribution is 0.0284. The van der Waals surface area contributed by atoms with Gasteiger partial charge >= 0.3 is 0 Å². The Morgan fingerprint density at radius 1 is 1.41 bits per heavy atom. The lowest BCUT2D eigenvalue weighted by Gasteiger charge is -2.55. The maximum Gasteiger partial charge on any atom is 0.101 e. The van der Waals surface area contributed by atoms with E-state index in [0.717, 1.165) is 12.3 Å². The van der Waals surface area contributed by atoms with Crippen molar-refractivity contribution in [3.63, 3.8) is 0 Å². The van der Waals surface area contributed by atoms with Crippen LogP contribution in [0.3, 0.4) is 0 Å². The summed E-state index contributed by atoms with van der Waals surface area (Å²) in [6, 6.07) is 7.05. The normalized spacial score (nSPS) is 34.0. The zero-order chi connectivity index (χ0) is 15.5. The average Bonchev–Trinajstić information content (AvgIpc) is 3.30. The van der Waals surface area contributed by atoms with Gasteiger partial charge in [0.15, 0.2) is 0 Å². The summed E-state index contributed by atoms with van der Waals surface area (Å²) >= 11 is 0. The van der Waals surface area contributed by atoms with Gasteiger partial charge in [0.1, 0.15) is 6.07 Å². The number of benzene rings is 1. The summed E-state index contributed by atoms with van der Waals surface area (Å²) in [6.45, 7) is 7.30. The Morgan fingerprint density at radius 2 is 2.18 bits per heavy atom. The topological polar surface area (TPSA) is 53.1 Å². The van der Waals surface area contributed by atoms with E-state index in [4.69, 9.17) is 5.73 Å². The third-order valence-corrected chi connectivity index (χ3v) is 6.60. The number of piperidine rings is 1. The van der Waals surface area contributed by atoms with Crippen molar-refractivity contribution >= 4 is 5.69 Å². The van der Waals surface area contributed by atoms with Crippen LogP contribution in [0.5, 0.6) is 0 Å². The van der Waals surface area contributed by atoms with Gasteiger partial charge in [0, 0.05) is 18.3 Å². The monoisotopic (exact) mass is 295 g/mol. The van der Waals surface area contributed by atoms with E-state index in [0.29, 0.717) is 23.2 Å². The highest BCUT2D eigenvalue weighted by Crippen LogP contribution is 2.50. The van der Waals surface area contributed by atoms with Crippen LogP contribution >= 0.6 is 0 Å². The third-order valence-electron chi connectivity index (χ3n) is 6.60. The predicted molar refractivity (Wildman–Crippen MR) is 88.5 cm³/mol. The van der Waals surface area contributed by atoms with Crippen molar-refractivity contribution in [3.05, 3.63) is 28.8 Å². The number of rotatable bonds is 2. The molecular weight excluding hydrogens is 270 g/mol. The molecule has 3 heteroatoms. The van der Waals surface area contributed by atoms with E-state index in [2.05, 4.69) is 36.9 Å². The van der Waals surface area contributed by atoms with Gasteiger partial charge < -0.3 is 5.73 Å². The van der Waals surface area contributed by atoms with Gasteiger partial charge in [0.25, 0.3) is 0 Å². The van der Waals surface area contributed by atoms with Gasteiger partial charge in [-0.15, -0.1) is 0 Å². The number of likely N-dealkylation sites (tertiary alicyclic amines) is 1. The Morgan fingerprint density at radius 3 is 2.86 bits per heavy atom. The Bertz CT molecular complexity index is 655. The molecule has 2 aliphatic carbocycles. The van der Waals surface area contributed by atoms with Crippen molar-refractivity contribution in [3.8, 4) is 6.07 Å². The zero-order valence-corrected chi connectivity index (χ0v) is 13.6. The molecule has 116 valence electrons. The predicted octanol–water partition coefficient (Wildman–Crippen LogP) is 3.07. The Hall–Kier alpha value is -1.53. The van der Waals surface area contributed by atoms with E-state index in [9.17, 15) is 5.26 Å². The van der Waals surface area contributed by atoms with Crippen LogP contribution in [0.4, 0.5) is 5.69 Å². The third kappa shape index (κ3) is 1.97. The first-order valence-corrected chi connectivity index (χ1v) is 8.60. The summed E-state index contributed by atoms with van der Waals surface area (Å²) in [4.78, 5) is 2.74. The summed E-state index contributed by atoms with van der Waals surface area (Å²) in [5.41, 5.74) is 10.3. The molecule has 2 bridgehead atoms. The molecule has 2 fully saturated rings. The molecule has 4 rings (SSSR count). The van der Waals surface area contributed by atoms with Gasteiger partial charge in [0.05, 0.1) is 5.56 Å². The second-order valence-corrected chi connectivity index (χ2v) is 7.87. The van der Waals surface area contributed by atoms with Crippen LogP contribution in [-0.4, -0.2) is 24.0 Å². The van der Waals surface area contributed by atoms with Gasteiger partial charge in [-0.25, -0.2) is 0 Å². The first kappa shape index (κ1) is 14.1.